The zero-order chi connectivity index (χ0) is 50.7. The standard InChI is InChI=1S/C64H120O6/c1-4-7-10-13-16-19-22-24-26-28-30-31-32-33-34-36-37-39-42-45-48-51-54-57-63(66)69-60-61(59-68-62(65)56-53-50-47-44-41-21-18-15-12-9-6-3)70-64(67)58-55-52-49-46-43-40-38-35-29-27-25-23-20-17-14-11-8-5-2/h22,24,28,30,61H,4-21,23,25-27,29,31-60H2,1-3H3/b24-22-,30-28-. The molecule has 6 heteroatoms. The first-order valence-corrected chi connectivity index (χ1v) is 31.3. The van der Waals surface area contributed by atoms with Crippen molar-refractivity contribution in [3.63, 3.8) is 0 Å². The van der Waals surface area contributed by atoms with E-state index in [4.69, 9.17) is 14.2 Å². The van der Waals surface area contributed by atoms with Crippen molar-refractivity contribution in [1.29, 1.82) is 0 Å². The van der Waals surface area contributed by atoms with E-state index in [0.717, 1.165) is 64.2 Å². The molecule has 0 aliphatic carbocycles. The van der Waals surface area contributed by atoms with Gasteiger partial charge >= 0.3 is 17.9 Å². The number of carbonyl (C=O) groups excluding carboxylic acids is 3. The van der Waals surface area contributed by atoms with Gasteiger partial charge in [-0.3, -0.25) is 14.4 Å². The van der Waals surface area contributed by atoms with Crippen LogP contribution in [0.3, 0.4) is 0 Å². The maximum absolute atomic E-state index is 12.9. The van der Waals surface area contributed by atoms with Crippen LogP contribution < -0.4 is 0 Å². The molecule has 0 aliphatic heterocycles. The predicted molar refractivity (Wildman–Crippen MR) is 303 cm³/mol. The quantitative estimate of drug-likeness (QED) is 0.0261. The highest BCUT2D eigenvalue weighted by Gasteiger charge is 2.19. The molecule has 0 aromatic heterocycles. The van der Waals surface area contributed by atoms with Gasteiger partial charge in [-0.1, -0.05) is 302 Å². The third kappa shape index (κ3) is 56.8. The highest BCUT2D eigenvalue weighted by molar-refractivity contribution is 5.71. The van der Waals surface area contributed by atoms with Crippen molar-refractivity contribution in [2.24, 2.45) is 0 Å². The molecule has 70 heavy (non-hydrogen) atoms. The summed E-state index contributed by atoms with van der Waals surface area (Å²) in [7, 11) is 0. The summed E-state index contributed by atoms with van der Waals surface area (Å²) in [6, 6.07) is 0. The van der Waals surface area contributed by atoms with Gasteiger partial charge in [-0.2, -0.15) is 0 Å². The topological polar surface area (TPSA) is 78.9 Å². The van der Waals surface area contributed by atoms with Gasteiger partial charge in [0, 0.05) is 19.3 Å². The second kappa shape index (κ2) is 59.5. The lowest BCUT2D eigenvalue weighted by Gasteiger charge is -2.18. The minimum absolute atomic E-state index is 0.0657. The van der Waals surface area contributed by atoms with Crippen molar-refractivity contribution in [3.8, 4) is 0 Å². The number of hydrogen-bond donors (Lipinski definition) is 0. The molecule has 0 fully saturated rings. The normalized spacial score (nSPS) is 12.1. The average Bonchev–Trinajstić information content (AvgIpc) is 3.36. The minimum Gasteiger partial charge on any atom is -0.462 e. The van der Waals surface area contributed by atoms with Crippen LogP contribution in [0.1, 0.15) is 348 Å². The summed E-state index contributed by atoms with van der Waals surface area (Å²) in [5.74, 6) is -0.843. The summed E-state index contributed by atoms with van der Waals surface area (Å²) in [5, 5.41) is 0. The number of carbonyl (C=O) groups is 3. The van der Waals surface area contributed by atoms with Crippen LogP contribution in [0.4, 0.5) is 0 Å². The maximum Gasteiger partial charge on any atom is 0.306 e. The van der Waals surface area contributed by atoms with Gasteiger partial charge in [0.1, 0.15) is 13.2 Å². The van der Waals surface area contributed by atoms with Crippen LogP contribution in [0.25, 0.3) is 0 Å². The Balaban J connectivity index is 4.23. The minimum atomic E-state index is -0.767. The fourth-order valence-corrected chi connectivity index (χ4v) is 9.48. The van der Waals surface area contributed by atoms with Crippen LogP contribution in [-0.2, 0) is 28.6 Å². The molecule has 0 spiro atoms. The van der Waals surface area contributed by atoms with E-state index < -0.39 is 6.10 Å². The van der Waals surface area contributed by atoms with E-state index in [2.05, 4.69) is 45.1 Å². The van der Waals surface area contributed by atoms with Crippen molar-refractivity contribution in [1.82, 2.24) is 0 Å². The van der Waals surface area contributed by atoms with Crippen molar-refractivity contribution in [3.05, 3.63) is 24.3 Å². The lowest BCUT2D eigenvalue weighted by atomic mass is 10.0. The van der Waals surface area contributed by atoms with Crippen molar-refractivity contribution in [2.75, 3.05) is 13.2 Å². The molecule has 412 valence electrons. The lowest BCUT2D eigenvalue weighted by Crippen LogP contribution is -2.30. The summed E-state index contributed by atoms with van der Waals surface area (Å²) >= 11 is 0. The molecule has 1 unspecified atom stereocenters. The third-order valence-corrected chi connectivity index (χ3v) is 14.2. The Morgan fingerprint density at radius 1 is 0.286 bits per heavy atom. The van der Waals surface area contributed by atoms with Crippen molar-refractivity contribution < 1.29 is 28.6 Å². The average molecular weight is 986 g/mol. The first-order valence-electron chi connectivity index (χ1n) is 31.3. The highest BCUT2D eigenvalue weighted by Crippen LogP contribution is 2.18. The molecule has 6 nitrogen and oxygen atoms in total. The number of allylic oxidation sites excluding steroid dienone is 4. The van der Waals surface area contributed by atoms with Gasteiger partial charge in [-0.05, 0) is 51.4 Å². The van der Waals surface area contributed by atoms with Crippen LogP contribution in [0.2, 0.25) is 0 Å². The number of rotatable bonds is 58. The van der Waals surface area contributed by atoms with E-state index in [1.54, 1.807) is 0 Å². The molecule has 0 N–H and O–H groups in total. The molecule has 0 heterocycles. The molecular formula is C64H120O6. The Bertz CT molecular complexity index is 1130. The maximum atomic E-state index is 12.9. The van der Waals surface area contributed by atoms with Crippen LogP contribution >= 0.6 is 0 Å². The second-order valence-electron chi connectivity index (χ2n) is 21.3. The SMILES string of the molecule is CCCCCCC/C=C\C/C=C\CCCCCCCCCCCCCC(=O)OCC(COC(=O)CCCCCCCCCCCCC)OC(=O)CCCCCCCCCCCCCCCCCCCC. The van der Waals surface area contributed by atoms with Crippen LogP contribution in [-0.4, -0.2) is 37.2 Å². The summed E-state index contributed by atoms with van der Waals surface area (Å²) in [6.45, 7) is 6.68. The van der Waals surface area contributed by atoms with Crippen LogP contribution in [0, 0.1) is 0 Å². The number of esters is 3. The van der Waals surface area contributed by atoms with Crippen molar-refractivity contribution >= 4 is 17.9 Å². The third-order valence-electron chi connectivity index (χ3n) is 14.2. The zero-order valence-corrected chi connectivity index (χ0v) is 47.3. The molecular weight excluding hydrogens is 865 g/mol. The van der Waals surface area contributed by atoms with Gasteiger partial charge in [0.05, 0.1) is 0 Å². The van der Waals surface area contributed by atoms with E-state index in [1.165, 1.54) is 244 Å². The molecule has 0 rings (SSSR count). The van der Waals surface area contributed by atoms with E-state index >= 15 is 0 Å². The van der Waals surface area contributed by atoms with E-state index in [-0.39, 0.29) is 31.1 Å². The Morgan fingerprint density at radius 2 is 0.514 bits per heavy atom. The summed E-state index contributed by atoms with van der Waals surface area (Å²) < 4.78 is 16.9. The predicted octanol–water partition coefficient (Wildman–Crippen LogP) is 21.1. The van der Waals surface area contributed by atoms with E-state index in [0.29, 0.717) is 19.3 Å². The fraction of sp³-hybridized carbons (Fsp3) is 0.891. The molecule has 0 aromatic rings. The van der Waals surface area contributed by atoms with Gasteiger partial charge in [-0.25, -0.2) is 0 Å². The molecule has 0 saturated heterocycles. The highest BCUT2D eigenvalue weighted by atomic mass is 16.6. The monoisotopic (exact) mass is 985 g/mol. The van der Waals surface area contributed by atoms with E-state index in [1.807, 2.05) is 0 Å². The smallest absolute Gasteiger partial charge is 0.306 e. The van der Waals surface area contributed by atoms with Gasteiger partial charge < -0.3 is 14.2 Å². The molecule has 0 bridgehead atoms. The fourth-order valence-electron chi connectivity index (χ4n) is 9.48. The Hall–Kier alpha value is -2.11. The Morgan fingerprint density at radius 3 is 0.786 bits per heavy atom. The molecule has 0 aromatic carbocycles. The second-order valence-corrected chi connectivity index (χ2v) is 21.3. The molecule has 0 saturated carbocycles. The first-order chi connectivity index (χ1) is 34.5. The largest absolute Gasteiger partial charge is 0.462 e. The van der Waals surface area contributed by atoms with Crippen LogP contribution in [0.15, 0.2) is 24.3 Å². The van der Waals surface area contributed by atoms with Crippen LogP contribution in [0.5, 0.6) is 0 Å². The molecule has 0 amide bonds. The van der Waals surface area contributed by atoms with Gasteiger partial charge in [0.2, 0.25) is 0 Å². The molecule has 0 aliphatic rings. The Labute approximate surface area is 436 Å². The summed E-state index contributed by atoms with van der Waals surface area (Å²) in [5.41, 5.74) is 0. The summed E-state index contributed by atoms with van der Waals surface area (Å²) in [4.78, 5) is 38.2. The summed E-state index contributed by atoms with van der Waals surface area (Å²) in [6.07, 6.45) is 70.4. The zero-order valence-electron chi connectivity index (χ0n) is 47.3. The first kappa shape index (κ1) is 67.9. The number of hydrogen-bond acceptors (Lipinski definition) is 6. The van der Waals surface area contributed by atoms with E-state index in [9.17, 15) is 14.4 Å². The molecule has 0 radical (unpaired) electrons. The van der Waals surface area contributed by atoms with Gasteiger partial charge in [0.25, 0.3) is 0 Å². The lowest BCUT2D eigenvalue weighted by molar-refractivity contribution is -0.167. The number of unbranched alkanes of at least 4 members (excludes halogenated alkanes) is 43. The number of ether oxygens (including phenoxy) is 3. The van der Waals surface area contributed by atoms with Gasteiger partial charge in [-0.15, -0.1) is 0 Å². The van der Waals surface area contributed by atoms with Crippen molar-refractivity contribution in [2.45, 2.75) is 354 Å². The Kier molecular flexibility index (Phi) is 57.7. The van der Waals surface area contributed by atoms with Gasteiger partial charge in [0.15, 0.2) is 6.10 Å². The molecule has 1 atom stereocenters.